The van der Waals surface area contributed by atoms with Crippen molar-refractivity contribution in [1.29, 1.82) is 0 Å². The second kappa shape index (κ2) is 7.11. The summed E-state index contributed by atoms with van der Waals surface area (Å²) < 4.78 is 18.5. The van der Waals surface area contributed by atoms with Crippen LogP contribution in [0.15, 0.2) is 18.2 Å². The van der Waals surface area contributed by atoms with Gasteiger partial charge in [-0.1, -0.05) is 6.92 Å². The van der Waals surface area contributed by atoms with Gasteiger partial charge in [0.15, 0.2) is 5.78 Å². The molecule has 100 valence electrons. The van der Waals surface area contributed by atoms with Crippen LogP contribution in [0.5, 0.6) is 5.75 Å². The third kappa shape index (κ3) is 4.11. The molecule has 18 heavy (non-hydrogen) atoms. The Balaban J connectivity index is 2.61. The number of halogens is 1. The van der Waals surface area contributed by atoms with Crippen molar-refractivity contribution in [2.45, 2.75) is 26.2 Å². The number of hydrogen-bond donors (Lipinski definition) is 1. The molecule has 4 heteroatoms. The van der Waals surface area contributed by atoms with Crippen LogP contribution in [0.4, 0.5) is 4.39 Å². The third-order valence-corrected chi connectivity index (χ3v) is 3.00. The number of nitrogens with two attached hydrogens (primary N) is 1. The summed E-state index contributed by atoms with van der Waals surface area (Å²) in [6.45, 7) is 2.66. The van der Waals surface area contributed by atoms with E-state index in [0.717, 1.165) is 12.8 Å². The Hall–Kier alpha value is -1.42. The molecule has 0 aromatic heterocycles. The lowest BCUT2D eigenvalue weighted by Gasteiger charge is -2.09. The van der Waals surface area contributed by atoms with E-state index in [2.05, 4.69) is 0 Å². The van der Waals surface area contributed by atoms with Gasteiger partial charge in [-0.25, -0.2) is 4.39 Å². The topological polar surface area (TPSA) is 52.3 Å². The molecule has 0 aliphatic rings. The minimum absolute atomic E-state index is 0.135. The molecule has 0 aliphatic carbocycles. The number of methoxy groups -OCH3 is 1. The van der Waals surface area contributed by atoms with Crippen molar-refractivity contribution in [3.8, 4) is 5.75 Å². The van der Waals surface area contributed by atoms with Gasteiger partial charge in [0.1, 0.15) is 11.6 Å². The predicted octanol–water partition coefficient (Wildman–Crippen LogP) is 2.78. The third-order valence-electron chi connectivity index (χ3n) is 3.00. The summed E-state index contributed by atoms with van der Waals surface area (Å²) in [6, 6.07) is 4.31. The van der Waals surface area contributed by atoms with Crippen LogP contribution in [-0.4, -0.2) is 19.4 Å². The number of hydrogen-bond acceptors (Lipinski definition) is 3. The van der Waals surface area contributed by atoms with Crippen molar-refractivity contribution in [3.63, 3.8) is 0 Å². The van der Waals surface area contributed by atoms with E-state index in [0.29, 0.717) is 24.6 Å². The lowest BCUT2D eigenvalue weighted by Crippen LogP contribution is -2.09. The van der Waals surface area contributed by atoms with Crippen LogP contribution in [0.25, 0.3) is 0 Å². The Morgan fingerprint density at radius 2 is 2.17 bits per heavy atom. The Labute approximate surface area is 107 Å². The quantitative estimate of drug-likeness (QED) is 0.760. The molecule has 1 rings (SSSR count). The Bertz CT molecular complexity index is 407. The zero-order chi connectivity index (χ0) is 13.5. The van der Waals surface area contributed by atoms with E-state index in [4.69, 9.17) is 10.5 Å². The average Bonchev–Trinajstić information content (AvgIpc) is 2.36. The summed E-state index contributed by atoms with van der Waals surface area (Å²) in [7, 11) is 1.46. The van der Waals surface area contributed by atoms with Gasteiger partial charge < -0.3 is 10.5 Å². The number of ketones is 1. The number of ether oxygens (including phenoxy) is 1. The molecule has 0 radical (unpaired) electrons. The summed E-state index contributed by atoms with van der Waals surface area (Å²) in [5.74, 6) is 0.116. The highest BCUT2D eigenvalue weighted by Gasteiger charge is 2.13. The molecule has 0 saturated carbocycles. The summed E-state index contributed by atoms with van der Waals surface area (Å²) in [5.41, 5.74) is 5.58. The zero-order valence-corrected chi connectivity index (χ0v) is 10.9. The molecule has 1 aromatic rings. The van der Waals surface area contributed by atoms with Crippen molar-refractivity contribution in [2.75, 3.05) is 13.7 Å². The number of Topliss-reactive ketones (excluding diaryl/α,β-unsaturated/α-hetero) is 1. The average molecular weight is 253 g/mol. The standard InChI is InChI=1S/C14H20FNO2/c1-10(7-8-16)3-6-14(17)12-5-4-11(18-2)9-13(12)15/h4-5,9-10H,3,6-8,16H2,1-2H3. The van der Waals surface area contributed by atoms with Gasteiger partial charge in [0, 0.05) is 12.5 Å². The highest BCUT2D eigenvalue weighted by molar-refractivity contribution is 5.96. The molecular formula is C14H20FNO2. The van der Waals surface area contributed by atoms with E-state index in [9.17, 15) is 9.18 Å². The Morgan fingerprint density at radius 3 is 2.72 bits per heavy atom. The van der Waals surface area contributed by atoms with Crippen LogP contribution < -0.4 is 10.5 Å². The van der Waals surface area contributed by atoms with Crippen LogP contribution in [-0.2, 0) is 0 Å². The highest BCUT2D eigenvalue weighted by Crippen LogP contribution is 2.19. The molecule has 3 nitrogen and oxygen atoms in total. The van der Waals surface area contributed by atoms with Crippen molar-refractivity contribution >= 4 is 5.78 Å². The minimum atomic E-state index is -0.522. The van der Waals surface area contributed by atoms with Crippen molar-refractivity contribution < 1.29 is 13.9 Å². The molecule has 0 aliphatic heterocycles. The molecule has 0 amide bonds. The van der Waals surface area contributed by atoms with Crippen LogP contribution in [0.1, 0.15) is 36.5 Å². The van der Waals surface area contributed by atoms with Gasteiger partial charge in [0.2, 0.25) is 0 Å². The smallest absolute Gasteiger partial charge is 0.165 e. The molecule has 2 N–H and O–H groups in total. The lowest BCUT2D eigenvalue weighted by molar-refractivity contribution is 0.0970. The molecule has 0 bridgehead atoms. The second-order valence-electron chi connectivity index (χ2n) is 4.49. The molecule has 0 spiro atoms. The molecule has 0 saturated heterocycles. The summed E-state index contributed by atoms with van der Waals surface area (Å²) in [4.78, 5) is 11.9. The molecule has 1 atom stereocenters. The normalized spacial score (nSPS) is 12.2. The monoisotopic (exact) mass is 253 g/mol. The van der Waals surface area contributed by atoms with Crippen LogP contribution in [0, 0.1) is 11.7 Å². The van der Waals surface area contributed by atoms with Gasteiger partial charge in [0.25, 0.3) is 0 Å². The van der Waals surface area contributed by atoms with E-state index in [-0.39, 0.29) is 11.3 Å². The summed E-state index contributed by atoms with van der Waals surface area (Å²) in [5, 5.41) is 0. The molecule has 1 aromatic carbocycles. The number of benzene rings is 1. The molecule has 0 fully saturated rings. The maximum absolute atomic E-state index is 13.6. The Kier molecular flexibility index (Phi) is 5.78. The van der Waals surface area contributed by atoms with Gasteiger partial charge in [-0.05, 0) is 37.4 Å². The summed E-state index contributed by atoms with van der Waals surface area (Å²) in [6.07, 6.45) is 1.98. The highest BCUT2D eigenvalue weighted by atomic mass is 19.1. The van der Waals surface area contributed by atoms with Crippen molar-refractivity contribution in [2.24, 2.45) is 11.7 Å². The van der Waals surface area contributed by atoms with E-state index in [1.165, 1.54) is 19.2 Å². The number of rotatable bonds is 7. The Morgan fingerprint density at radius 1 is 1.44 bits per heavy atom. The second-order valence-corrected chi connectivity index (χ2v) is 4.49. The van der Waals surface area contributed by atoms with Crippen LogP contribution >= 0.6 is 0 Å². The van der Waals surface area contributed by atoms with E-state index in [1.54, 1.807) is 6.07 Å². The molecular weight excluding hydrogens is 233 g/mol. The van der Waals surface area contributed by atoms with Crippen molar-refractivity contribution in [3.05, 3.63) is 29.6 Å². The zero-order valence-electron chi connectivity index (χ0n) is 10.9. The van der Waals surface area contributed by atoms with Gasteiger partial charge >= 0.3 is 0 Å². The van der Waals surface area contributed by atoms with E-state index < -0.39 is 5.82 Å². The largest absolute Gasteiger partial charge is 0.497 e. The fourth-order valence-corrected chi connectivity index (χ4v) is 1.79. The van der Waals surface area contributed by atoms with E-state index in [1.807, 2.05) is 6.92 Å². The maximum Gasteiger partial charge on any atom is 0.165 e. The number of carbonyl (C=O) groups is 1. The van der Waals surface area contributed by atoms with Gasteiger partial charge in [-0.3, -0.25) is 4.79 Å². The molecule has 1 unspecified atom stereocenters. The molecule has 0 heterocycles. The maximum atomic E-state index is 13.6. The predicted molar refractivity (Wildman–Crippen MR) is 69.4 cm³/mol. The first-order valence-electron chi connectivity index (χ1n) is 6.15. The first-order valence-corrected chi connectivity index (χ1v) is 6.15. The number of carbonyl (C=O) groups excluding carboxylic acids is 1. The van der Waals surface area contributed by atoms with Crippen LogP contribution in [0.2, 0.25) is 0 Å². The first kappa shape index (κ1) is 14.6. The fourth-order valence-electron chi connectivity index (χ4n) is 1.79. The minimum Gasteiger partial charge on any atom is -0.497 e. The van der Waals surface area contributed by atoms with Crippen LogP contribution in [0.3, 0.4) is 0 Å². The van der Waals surface area contributed by atoms with Gasteiger partial charge in [0.05, 0.1) is 12.7 Å². The van der Waals surface area contributed by atoms with E-state index >= 15 is 0 Å². The lowest BCUT2D eigenvalue weighted by atomic mass is 9.97. The first-order chi connectivity index (χ1) is 8.58. The SMILES string of the molecule is COc1ccc(C(=O)CCC(C)CCN)c(F)c1. The van der Waals surface area contributed by atoms with Gasteiger partial charge in [-0.2, -0.15) is 0 Å². The summed E-state index contributed by atoms with van der Waals surface area (Å²) >= 11 is 0. The fraction of sp³-hybridized carbons (Fsp3) is 0.500. The van der Waals surface area contributed by atoms with Crippen molar-refractivity contribution in [1.82, 2.24) is 0 Å². The van der Waals surface area contributed by atoms with Gasteiger partial charge in [-0.15, -0.1) is 0 Å².